The van der Waals surface area contributed by atoms with Gasteiger partial charge in [0, 0.05) is 23.1 Å². The molecule has 20 heavy (non-hydrogen) atoms. The highest BCUT2D eigenvalue weighted by atomic mass is 79.9. The molecule has 0 amide bonds. The molecule has 1 aromatic carbocycles. The molecular weight excluding hydrogens is 343 g/mol. The van der Waals surface area contributed by atoms with E-state index in [4.69, 9.17) is 5.11 Å². The van der Waals surface area contributed by atoms with Crippen molar-refractivity contribution in [1.82, 2.24) is 10.6 Å². The van der Waals surface area contributed by atoms with E-state index in [2.05, 4.69) is 38.8 Å². The Labute approximate surface area is 135 Å². The molecule has 0 heterocycles. The van der Waals surface area contributed by atoms with Crippen molar-refractivity contribution in [2.24, 2.45) is 0 Å². The van der Waals surface area contributed by atoms with Gasteiger partial charge in [0.2, 0.25) is 0 Å². The van der Waals surface area contributed by atoms with E-state index in [1.807, 2.05) is 19.9 Å². The maximum absolute atomic E-state index is 13.5. The van der Waals surface area contributed by atoms with Gasteiger partial charge in [0.25, 0.3) is 0 Å². The molecule has 0 radical (unpaired) electrons. The third kappa shape index (κ3) is 9.36. The average molecular weight is 367 g/mol. The van der Waals surface area contributed by atoms with Crippen LogP contribution >= 0.6 is 28.1 Å². The van der Waals surface area contributed by atoms with Crippen molar-refractivity contribution in [1.29, 1.82) is 0 Å². The molecule has 0 aliphatic rings. The highest BCUT2D eigenvalue weighted by molar-refractivity contribution is 9.10. The topological polar surface area (TPSA) is 44.3 Å². The van der Waals surface area contributed by atoms with Crippen LogP contribution in [-0.2, 0) is 6.54 Å². The molecule has 3 N–H and O–H groups in total. The quantitative estimate of drug-likeness (QED) is 0.700. The fraction of sp³-hybridized carbons (Fsp3) is 0.500. The van der Waals surface area contributed by atoms with Crippen LogP contribution in [0.5, 0.6) is 0 Å². The first kappa shape index (κ1) is 21.7. The molecule has 1 aromatic rings. The van der Waals surface area contributed by atoms with Gasteiger partial charge in [-0.3, -0.25) is 0 Å². The Morgan fingerprint density at radius 1 is 1.40 bits per heavy atom. The number of aliphatic hydroxyl groups excluding tert-OH is 1. The average Bonchev–Trinajstić information content (AvgIpc) is 2.47. The Hall–Kier alpha value is -0.560. The van der Waals surface area contributed by atoms with Crippen molar-refractivity contribution in [3.05, 3.63) is 33.5 Å². The van der Waals surface area contributed by atoms with Crippen LogP contribution in [0.25, 0.3) is 0 Å². The van der Waals surface area contributed by atoms with E-state index in [1.165, 1.54) is 5.49 Å². The molecule has 0 aliphatic heterocycles. The number of aliphatic hydroxyl groups is 1. The van der Waals surface area contributed by atoms with Crippen LogP contribution in [0.4, 0.5) is 4.39 Å². The van der Waals surface area contributed by atoms with Gasteiger partial charge in [-0.2, -0.15) is 0 Å². The molecule has 0 fully saturated rings. The zero-order valence-electron chi connectivity index (χ0n) is 12.5. The van der Waals surface area contributed by atoms with Crippen LogP contribution in [0.1, 0.15) is 25.0 Å². The van der Waals surface area contributed by atoms with Crippen LogP contribution < -0.4 is 10.6 Å². The summed E-state index contributed by atoms with van der Waals surface area (Å²) < 4.78 is 14.2. The van der Waals surface area contributed by atoms with Crippen molar-refractivity contribution < 1.29 is 9.50 Å². The van der Waals surface area contributed by atoms with Crippen LogP contribution in [-0.4, -0.2) is 30.8 Å². The highest BCUT2D eigenvalue weighted by Gasteiger charge is 2.08. The van der Waals surface area contributed by atoms with E-state index in [0.717, 1.165) is 4.47 Å². The van der Waals surface area contributed by atoms with E-state index in [0.29, 0.717) is 24.2 Å². The molecule has 0 aromatic heterocycles. The molecule has 0 bridgehead atoms. The Kier molecular flexibility index (Phi) is 16.1. The van der Waals surface area contributed by atoms with Crippen LogP contribution in [0.2, 0.25) is 0 Å². The Bertz CT molecular complexity index is 376. The molecule has 6 heteroatoms. The van der Waals surface area contributed by atoms with Crippen molar-refractivity contribution in [3.8, 4) is 0 Å². The molecular formula is C14H24BrFN2OS. The number of likely N-dealkylation sites (N-methyl/N-ethyl adjacent to an activating group) is 1. The highest BCUT2D eigenvalue weighted by Crippen LogP contribution is 2.22. The van der Waals surface area contributed by atoms with E-state index in [-0.39, 0.29) is 12.4 Å². The summed E-state index contributed by atoms with van der Waals surface area (Å²) in [5, 5.41) is 13.6. The predicted molar refractivity (Wildman–Crippen MR) is 91.7 cm³/mol. The normalized spacial score (nSPS) is 8.75. The third-order valence-electron chi connectivity index (χ3n) is 2.10. The summed E-state index contributed by atoms with van der Waals surface area (Å²) >= 11 is 7.88. The fourth-order valence-corrected chi connectivity index (χ4v) is 1.66. The largest absolute Gasteiger partial charge is 0.395 e. The SMILES string of the molecule is CC.CNCCO.Cc1ccc(Br)c(CNC=S)c1F. The number of aryl methyl sites for hydroxylation is 1. The zero-order chi connectivity index (χ0) is 16.0. The molecule has 0 aliphatic carbocycles. The molecule has 0 atom stereocenters. The Morgan fingerprint density at radius 3 is 2.40 bits per heavy atom. The number of hydrogen-bond acceptors (Lipinski definition) is 3. The summed E-state index contributed by atoms with van der Waals surface area (Å²) in [5.74, 6) is -0.182. The molecule has 116 valence electrons. The second-order valence-electron chi connectivity index (χ2n) is 3.48. The van der Waals surface area contributed by atoms with Gasteiger partial charge in [-0.05, 0) is 25.6 Å². The van der Waals surface area contributed by atoms with Crippen LogP contribution in [0, 0.1) is 12.7 Å². The first-order chi connectivity index (χ1) is 9.58. The van der Waals surface area contributed by atoms with Crippen molar-refractivity contribution in [3.63, 3.8) is 0 Å². The van der Waals surface area contributed by atoms with E-state index < -0.39 is 0 Å². The Balaban J connectivity index is 0. The van der Waals surface area contributed by atoms with Gasteiger partial charge in [-0.1, -0.05) is 48.1 Å². The third-order valence-corrected chi connectivity index (χ3v) is 3.01. The lowest BCUT2D eigenvalue weighted by Crippen LogP contribution is -2.11. The second kappa shape index (κ2) is 14.8. The lowest BCUT2D eigenvalue weighted by Gasteiger charge is -2.07. The standard InChI is InChI=1S/C9H9BrFNS.C3H9NO.C2H6/c1-6-2-3-8(10)7(9(6)11)4-12-5-13;1-4-2-3-5;1-2/h2-3,5H,4H2,1H3,(H,12,13);4-5H,2-3H2,1H3;1-2H3. The summed E-state index contributed by atoms with van der Waals surface area (Å²) in [6, 6.07) is 3.57. The van der Waals surface area contributed by atoms with E-state index >= 15 is 0 Å². The maximum Gasteiger partial charge on any atom is 0.132 e. The van der Waals surface area contributed by atoms with Gasteiger partial charge < -0.3 is 15.7 Å². The number of halogens is 2. The smallest absolute Gasteiger partial charge is 0.132 e. The Morgan fingerprint density at radius 2 is 2.00 bits per heavy atom. The molecule has 0 saturated carbocycles. The molecule has 0 spiro atoms. The lowest BCUT2D eigenvalue weighted by molar-refractivity contribution is 0.296. The van der Waals surface area contributed by atoms with E-state index in [9.17, 15) is 4.39 Å². The summed E-state index contributed by atoms with van der Waals surface area (Å²) in [4.78, 5) is 0. The van der Waals surface area contributed by atoms with Crippen molar-refractivity contribution in [2.75, 3.05) is 20.2 Å². The minimum atomic E-state index is -0.182. The monoisotopic (exact) mass is 366 g/mol. The molecule has 3 nitrogen and oxygen atoms in total. The van der Waals surface area contributed by atoms with Gasteiger partial charge in [0.15, 0.2) is 0 Å². The summed E-state index contributed by atoms with van der Waals surface area (Å²) in [6.07, 6.45) is 0. The second-order valence-corrected chi connectivity index (χ2v) is 4.57. The predicted octanol–water partition coefficient (Wildman–Crippen LogP) is 3.17. The van der Waals surface area contributed by atoms with Gasteiger partial charge in [-0.15, -0.1) is 0 Å². The molecule has 1 rings (SSSR count). The molecule has 0 unspecified atom stereocenters. The lowest BCUT2D eigenvalue weighted by atomic mass is 10.1. The minimum Gasteiger partial charge on any atom is -0.395 e. The van der Waals surface area contributed by atoms with Crippen molar-refractivity contribution >= 4 is 33.6 Å². The fourth-order valence-electron chi connectivity index (χ4n) is 1.13. The van der Waals surface area contributed by atoms with Gasteiger partial charge in [0.05, 0.1) is 12.1 Å². The number of benzene rings is 1. The minimum absolute atomic E-state index is 0.182. The molecule has 0 saturated heterocycles. The van der Waals surface area contributed by atoms with Gasteiger partial charge >= 0.3 is 0 Å². The first-order valence-electron chi connectivity index (χ1n) is 6.44. The number of nitrogens with one attached hydrogen (secondary N) is 2. The summed E-state index contributed by atoms with van der Waals surface area (Å²) in [7, 11) is 1.80. The summed E-state index contributed by atoms with van der Waals surface area (Å²) in [6.45, 7) is 7.08. The van der Waals surface area contributed by atoms with E-state index in [1.54, 1.807) is 20.0 Å². The number of hydrogen-bond donors (Lipinski definition) is 3. The number of thiocarbonyl (C=S) groups is 1. The van der Waals surface area contributed by atoms with Crippen LogP contribution in [0.15, 0.2) is 16.6 Å². The maximum atomic E-state index is 13.5. The first-order valence-corrected chi connectivity index (χ1v) is 7.70. The number of rotatable bonds is 5. The van der Waals surface area contributed by atoms with Gasteiger partial charge in [-0.25, -0.2) is 4.39 Å². The summed E-state index contributed by atoms with van der Waals surface area (Å²) in [5.41, 5.74) is 2.64. The zero-order valence-corrected chi connectivity index (χ0v) is 14.9. The van der Waals surface area contributed by atoms with Gasteiger partial charge in [0.1, 0.15) is 5.82 Å². The van der Waals surface area contributed by atoms with Crippen molar-refractivity contribution in [2.45, 2.75) is 27.3 Å². The van der Waals surface area contributed by atoms with Crippen LogP contribution in [0.3, 0.4) is 0 Å².